The number of ether oxygens (including phenoxy) is 1. The molecule has 0 saturated carbocycles. The van der Waals surface area contributed by atoms with Crippen molar-refractivity contribution in [1.82, 2.24) is 20.3 Å². The average Bonchev–Trinajstić information content (AvgIpc) is 2.84. The van der Waals surface area contributed by atoms with Crippen molar-refractivity contribution in [3.63, 3.8) is 0 Å². The molecule has 20 heavy (non-hydrogen) atoms. The Kier molecular flexibility index (Phi) is 3.50. The first-order chi connectivity index (χ1) is 9.70. The lowest BCUT2D eigenvalue weighted by Gasteiger charge is -2.27. The lowest BCUT2D eigenvalue weighted by atomic mass is 10.3. The van der Waals surface area contributed by atoms with Crippen molar-refractivity contribution in [3.8, 4) is 0 Å². The van der Waals surface area contributed by atoms with Gasteiger partial charge in [0.05, 0.1) is 19.3 Å². The number of anilines is 3. The SMILES string of the molecule is Nc1nc(NC2CNC(=O)C2)nc(N2CCOCC2)n1. The summed E-state index contributed by atoms with van der Waals surface area (Å²) in [6.07, 6.45) is 0.415. The predicted molar refractivity (Wildman–Crippen MR) is 72.3 cm³/mol. The van der Waals surface area contributed by atoms with Crippen LogP contribution in [-0.4, -0.2) is 59.7 Å². The van der Waals surface area contributed by atoms with E-state index in [0.29, 0.717) is 38.1 Å². The maximum absolute atomic E-state index is 11.2. The molecule has 1 unspecified atom stereocenters. The standard InChI is InChI=1S/C11H17N7O2/c12-9-15-10(14-7-5-8(19)13-6-7)17-11(16-9)18-1-3-20-4-2-18/h7H,1-6H2,(H,13,19)(H3,12,14,15,16,17). The molecule has 108 valence electrons. The van der Waals surface area contributed by atoms with Gasteiger partial charge in [-0.15, -0.1) is 0 Å². The van der Waals surface area contributed by atoms with Crippen molar-refractivity contribution in [1.29, 1.82) is 0 Å². The summed E-state index contributed by atoms with van der Waals surface area (Å²) in [5.41, 5.74) is 5.72. The van der Waals surface area contributed by atoms with Gasteiger partial charge in [-0.05, 0) is 0 Å². The summed E-state index contributed by atoms with van der Waals surface area (Å²) >= 11 is 0. The maximum Gasteiger partial charge on any atom is 0.232 e. The minimum atomic E-state index is -0.0122. The van der Waals surface area contributed by atoms with Crippen LogP contribution in [0, 0.1) is 0 Å². The average molecular weight is 279 g/mol. The molecule has 0 radical (unpaired) electrons. The van der Waals surface area contributed by atoms with Crippen LogP contribution in [0.2, 0.25) is 0 Å². The summed E-state index contributed by atoms with van der Waals surface area (Å²) in [5, 5.41) is 5.86. The first-order valence-electron chi connectivity index (χ1n) is 6.58. The van der Waals surface area contributed by atoms with Crippen molar-refractivity contribution < 1.29 is 9.53 Å². The molecule has 4 N–H and O–H groups in total. The van der Waals surface area contributed by atoms with Crippen molar-refractivity contribution in [2.75, 3.05) is 48.8 Å². The van der Waals surface area contributed by atoms with E-state index in [4.69, 9.17) is 10.5 Å². The van der Waals surface area contributed by atoms with E-state index in [1.807, 2.05) is 4.90 Å². The molecule has 2 aliphatic rings. The number of amides is 1. The van der Waals surface area contributed by atoms with Gasteiger partial charge >= 0.3 is 0 Å². The van der Waals surface area contributed by atoms with E-state index < -0.39 is 0 Å². The van der Waals surface area contributed by atoms with Crippen LogP contribution < -0.4 is 21.3 Å². The largest absolute Gasteiger partial charge is 0.378 e. The highest BCUT2D eigenvalue weighted by atomic mass is 16.5. The highest BCUT2D eigenvalue weighted by Crippen LogP contribution is 2.15. The molecule has 1 aromatic rings. The number of morpholine rings is 1. The fraction of sp³-hybridized carbons (Fsp3) is 0.636. The number of rotatable bonds is 3. The Hall–Kier alpha value is -2.16. The lowest BCUT2D eigenvalue weighted by Crippen LogP contribution is -2.37. The number of hydrogen-bond donors (Lipinski definition) is 3. The molecule has 0 spiro atoms. The van der Waals surface area contributed by atoms with Gasteiger partial charge in [-0.1, -0.05) is 0 Å². The maximum atomic E-state index is 11.2. The highest BCUT2D eigenvalue weighted by molar-refractivity contribution is 5.79. The number of hydrogen-bond acceptors (Lipinski definition) is 8. The molecule has 9 nitrogen and oxygen atoms in total. The Morgan fingerprint density at radius 3 is 2.80 bits per heavy atom. The second kappa shape index (κ2) is 5.45. The van der Waals surface area contributed by atoms with Gasteiger partial charge in [0.1, 0.15) is 0 Å². The second-order valence-electron chi connectivity index (χ2n) is 4.77. The monoisotopic (exact) mass is 279 g/mol. The minimum absolute atomic E-state index is 0.0122. The summed E-state index contributed by atoms with van der Waals surface area (Å²) in [7, 11) is 0. The van der Waals surface area contributed by atoms with Crippen LogP contribution in [0.25, 0.3) is 0 Å². The molecule has 1 amide bonds. The van der Waals surface area contributed by atoms with Crippen molar-refractivity contribution in [2.24, 2.45) is 0 Å². The Labute approximate surface area is 115 Å². The number of nitrogens with zero attached hydrogens (tertiary/aromatic N) is 4. The quantitative estimate of drug-likeness (QED) is 0.617. The first-order valence-corrected chi connectivity index (χ1v) is 6.58. The summed E-state index contributed by atoms with van der Waals surface area (Å²) in [6.45, 7) is 3.32. The van der Waals surface area contributed by atoms with Gasteiger partial charge in [-0.3, -0.25) is 4.79 Å². The molecule has 2 fully saturated rings. The molecule has 9 heteroatoms. The van der Waals surface area contributed by atoms with Crippen molar-refractivity contribution in [3.05, 3.63) is 0 Å². The predicted octanol–water partition coefficient (Wildman–Crippen LogP) is -1.41. The van der Waals surface area contributed by atoms with E-state index in [9.17, 15) is 4.79 Å². The Morgan fingerprint density at radius 1 is 1.30 bits per heavy atom. The summed E-state index contributed by atoms with van der Waals surface area (Å²) in [4.78, 5) is 25.8. The van der Waals surface area contributed by atoms with Crippen molar-refractivity contribution in [2.45, 2.75) is 12.5 Å². The van der Waals surface area contributed by atoms with E-state index >= 15 is 0 Å². The number of nitrogens with two attached hydrogens (primary N) is 1. The van der Waals surface area contributed by atoms with E-state index in [1.54, 1.807) is 0 Å². The van der Waals surface area contributed by atoms with Crippen molar-refractivity contribution >= 4 is 23.8 Å². The molecule has 3 rings (SSSR count). The van der Waals surface area contributed by atoms with Crippen LogP contribution in [0.15, 0.2) is 0 Å². The van der Waals surface area contributed by atoms with Crippen LogP contribution in [0.4, 0.5) is 17.8 Å². The van der Waals surface area contributed by atoms with E-state index in [1.165, 1.54) is 0 Å². The lowest BCUT2D eigenvalue weighted by molar-refractivity contribution is -0.119. The number of carbonyl (C=O) groups is 1. The minimum Gasteiger partial charge on any atom is -0.378 e. The van der Waals surface area contributed by atoms with E-state index in [0.717, 1.165) is 13.1 Å². The Balaban J connectivity index is 1.74. The van der Waals surface area contributed by atoms with Gasteiger partial charge in [0, 0.05) is 26.1 Å². The molecule has 2 aliphatic heterocycles. The number of nitrogens with one attached hydrogen (secondary N) is 2. The van der Waals surface area contributed by atoms with E-state index in [-0.39, 0.29) is 17.9 Å². The zero-order valence-electron chi connectivity index (χ0n) is 11.0. The molecule has 0 aliphatic carbocycles. The zero-order chi connectivity index (χ0) is 13.9. The third kappa shape index (κ3) is 2.87. The molecular weight excluding hydrogens is 262 g/mol. The third-order valence-electron chi connectivity index (χ3n) is 3.25. The normalized spacial score (nSPS) is 22.7. The zero-order valence-corrected chi connectivity index (χ0v) is 11.0. The number of carbonyl (C=O) groups excluding carboxylic acids is 1. The Bertz CT molecular complexity index is 504. The molecule has 0 aromatic carbocycles. The van der Waals surface area contributed by atoms with Gasteiger partial charge in [0.2, 0.25) is 23.8 Å². The van der Waals surface area contributed by atoms with Crippen LogP contribution in [0.3, 0.4) is 0 Å². The van der Waals surface area contributed by atoms with Gasteiger partial charge < -0.3 is 26.0 Å². The molecule has 1 aromatic heterocycles. The van der Waals surface area contributed by atoms with Crippen LogP contribution >= 0.6 is 0 Å². The summed E-state index contributed by atoms with van der Waals surface area (Å²) < 4.78 is 5.30. The molecule has 3 heterocycles. The summed E-state index contributed by atoms with van der Waals surface area (Å²) in [6, 6.07) is -0.0122. The van der Waals surface area contributed by atoms with Gasteiger partial charge in [-0.25, -0.2) is 0 Å². The molecule has 0 bridgehead atoms. The van der Waals surface area contributed by atoms with Gasteiger partial charge in [0.15, 0.2) is 0 Å². The number of aromatic nitrogens is 3. The topological polar surface area (TPSA) is 118 Å². The molecular formula is C11H17N7O2. The molecule has 2 saturated heterocycles. The third-order valence-corrected chi connectivity index (χ3v) is 3.25. The van der Waals surface area contributed by atoms with Gasteiger partial charge in [0.25, 0.3) is 0 Å². The van der Waals surface area contributed by atoms with E-state index in [2.05, 4.69) is 25.6 Å². The smallest absolute Gasteiger partial charge is 0.232 e. The highest BCUT2D eigenvalue weighted by Gasteiger charge is 2.23. The van der Waals surface area contributed by atoms with Crippen LogP contribution in [0.5, 0.6) is 0 Å². The van der Waals surface area contributed by atoms with Crippen LogP contribution in [-0.2, 0) is 9.53 Å². The second-order valence-corrected chi connectivity index (χ2v) is 4.77. The Morgan fingerprint density at radius 2 is 2.10 bits per heavy atom. The number of nitrogen functional groups attached to an aromatic ring is 1. The van der Waals surface area contributed by atoms with Crippen LogP contribution in [0.1, 0.15) is 6.42 Å². The first kappa shape index (κ1) is 12.9. The fourth-order valence-corrected chi connectivity index (χ4v) is 2.24. The van der Waals surface area contributed by atoms with Gasteiger partial charge in [-0.2, -0.15) is 15.0 Å². The fourth-order valence-electron chi connectivity index (χ4n) is 2.24. The summed E-state index contributed by atoms with van der Waals surface area (Å²) in [5.74, 6) is 1.14. The molecule has 1 atom stereocenters.